The van der Waals surface area contributed by atoms with Gasteiger partial charge < -0.3 is 24.3 Å². The Labute approximate surface area is 258 Å². The van der Waals surface area contributed by atoms with Crippen molar-refractivity contribution in [3.63, 3.8) is 0 Å². The lowest BCUT2D eigenvalue weighted by Gasteiger charge is -2.34. The molecule has 9 nitrogen and oxygen atoms in total. The number of rotatable bonds is 10. The third kappa shape index (κ3) is 7.48. The number of anilines is 1. The first kappa shape index (κ1) is 32.7. The number of ether oxygens (including phenoxy) is 2. The van der Waals surface area contributed by atoms with Gasteiger partial charge in [-0.15, -0.1) is 6.58 Å². The van der Waals surface area contributed by atoms with E-state index in [1.807, 2.05) is 30.0 Å². The van der Waals surface area contributed by atoms with Gasteiger partial charge in [-0.2, -0.15) is 0 Å². The molecule has 3 aromatic rings. The fraction of sp³-hybridized carbons (Fsp3) is 0.441. The second-order valence-corrected chi connectivity index (χ2v) is 12.3. The van der Waals surface area contributed by atoms with Crippen LogP contribution in [0, 0.1) is 32.0 Å². The molecular weight excluding hydrogens is 563 g/mol. The van der Waals surface area contributed by atoms with E-state index in [2.05, 4.69) is 30.3 Å². The normalized spacial score (nSPS) is 14.0. The lowest BCUT2D eigenvalue weighted by molar-refractivity contribution is -0.173. The van der Waals surface area contributed by atoms with Gasteiger partial charge >= 0.3 is 11.9 Å². The molecule has 0 radical (unpaired) electrons. The minimum absolute atomic E-state index is 0.0488. The molecule has 1 aliphatic heterocycles. The standard InChI is InChI=1S/C34H43FN4O5/c1-8-11-39-24(4)23(3)28-17-26(18-29(31(28)39)36-19-25-9-10-27(35)16-22(25)2)32(41)38-14-12-37(13-15-38)20-30(40)43-21-44-33(42)34(5,6)7/h8-10,16-18,36H,1,11-15,19-21H2,2-7H3. The van der Waals surface area contributed by atoms with Crippen LogP contribution in [0.25, 0.3) is 10.9 Å². The summed E-state index contributed by atoms with van der Waals surface area (Å²) in [6.07, 6.45) is 1.85. The fourth-order valence-electron chi connectivity index (χ4n) is 5.32. The van der Waals surface area contributed by atoms with Gasteiger partial charge in [-0.25, -0.2) is 4.39 Å². The maximum absolute atomic E-state index is 13.8. The molecule has 4 rings (SSSR count). The molecule has 1 N–H and O–H groups in total. The van der Waals surface area contributed by atoms with Crippen LogP contribution < -0.4 is 5.32 Å². The van der Waals surface area contributed by atoms with Gasteiger partial charge in [-0.05, 0) is 82.5 Å². The summed E-state index contributed by atoms with van der Waals surface area (Å²) >= 11 is 0. The number of aryl methyl sites for hydroxylation is 2. The number of benzene rings is 2. The van der Waals surface area contributed by atoms with E-state index in [-0.39, 0.29) is 18.3 Å². The Morgan fingerprint density at radius 1 is 1.02 bits per heavy atom. The number of piperazine rings is 1. The van der Waals surface area contributed by atoms with Crippen molar-refractivity contribution in [2.45, 2.75) is 54.6 Å². The van der Waals surface area contributed by atoms with Crippen LogP contribution in [0.5, 0.6) is 0 Å². The first-order valence-electron chi connectivity index (χ1n) is 14.9. The zero-order chi connectivity index (χ0) is 32.2. The van der Waals surface area contributed by atoms with E-state index in [4.69, 9.17) is 9.47 Å². The average molecular weight is 607 g/mol. The molecule has 1 aliphatic rings. The van der Waals surface area contributed by atoms with E-state index in [1.165, 1.54) is 12.1 Å². The number of esters is 2. The summed E-state index contributed by atoms with van der Waals surface area (Å²) in [5.41, 5.74) is 5.71. The molecule has 0 unspecified atom stereocenters. The Bertz CT molecular complexity index is 1560. The van der Waals surface area contributed by atoms with Gasteiger partial charge in [0.1, 0.15) is 5.82 Å². The van der Waals surface area contributed by atoms with Crippen molar-refractivity contribution in [2.75, 3.05) is 44.8 Å². The van der Waals surface area contributed by atoms with E-state index < -0.39 is 24.1 Å². The number of aromatic nitrogens is 1. The van der Waals surface area contributed by atoms with Crippen molar-refractivity contribution in [1.82, 2.24) is 14.4 Å². The van der Waals surface area contributed by atoms with Gasteiger partial charge in [0, 0.05) is 55.9 Å². The van der Waals surface area contributed by atoms with Crippen LogP contribution in [0.15, 0.2) is 43.0 Å². The third-order valence-corrected chi connectivity index (χ3v) is 8.10. The van der Waals surface area contributed by atoms with Crippen molar-refractivity contribution in [1.29, 1.82) is 0 Å². The molecular formula is C34H43FN4O5. The molecule has 1 fully saturated rings. The lowest BCUT2D eigenvalue weighted by atomic mass is 9.98. The van der Waals surface area contributed by atoms with Gasteiger partial charge in [-0.1, -0.05) is 12.1 Å². The SMILES string of the molecule is C=CCn1c(C)c(C)c2cc(C(=O)N3CCN(CC(=O)OCOC(=O)C(C)(C)C)CC3)cc(NCc3ccc(F)cc3C)c21. The van der Waals surface area contributed by atoms with E-state index in [9.17, 15) is 18.8 Å². The molecule has 10 heteroatoms. The van der Waals surface area contributed by atoms with E-state index in [0.29, 0.717) is 44.8 Å². The van der Waals surface area contributed by atoms with Crippen molar-refractivity contribution in [3.05, 3.63) is 76.8 Å². The molecule has 0 atom stereocenters. The second kappa shape index (κ2) is 13.6. The number of nitrogens with one attached hydrogen (secondary N) is 1. The number of fused-ring (bicyclic) bond motifs is 1. The highest BCUT2D eigenvalue weighted by Gasteiger charge is 2.27. The molecule has 2 aromatic carbocycles. The maximum atomic E-state index is 13.8. The summed E-state index contributed by atoms with van der Waals surface area (Å²) in [4.78, 5) is 41.6. The smallest absolute Gasteiger partial charge is 0.323 e. The Hall–Kier alpha value is -4.18. The maximum Gasteiger partial charge on any atom is 0.323 e. The number of carbonyl (C=O) groups is 3. The van der Waals surface area contributed by atoms with Crippen molar-refractivity contribution in [3.8, 4) is 0 Å². The fourth-order valence-corrected chi connectivity index (χ4v) is 5.32. The third-order valence-electron chi connectivity index (χ3n) is 8.10. The van der Waals surface area contributed by atoms with Crippen molar-refractivity contribution >= 4 is 34.4 Å². The number of hydrogen-bond donors (Lipinski definition) is 1. The predicted octanol–water partition coefficient (Wildman–Crippen LogP) is 5.35. The van der Waals surface area contributed by atoms with E-state index in [0.717, 1.165) is 39.0 Å². The van der Waals surface area contributed by atoms with Crippen molar-refractivity contribution < 1.29 is 28.2 Å². The van der Waals surface area contributed by atoms with Gasteiger partial charge in [0.15, 0.2) is 0 Å². The quantitative estimate of drug-likeness (QED) is 0.189. The number of carbonyl (C=O) groups excluding carboxylic acids is 3. The first-order chi connectivity index (χ1) is 20.8. The number of hydrogen-bond acceptors (Lipinski definition) is 7. The van der Waals surface area contributed by atoms with E-state index >= 15 is 0 Å². The molecule has 2 heterocycles. The Balaban J connectivity index is 1.47. The highest BCUT2D eigenvalue weighted by atomic mass is 19.1. The first-order valence-corrected chi connectivity index (χ1v) is 14.9. The summed E-state index contributed by atoms with van der Waals surface area (Å²) in [7, 11) is 0. The number of amides is 1. The summed E-state index contributed by atoms with van der Waals surface area (Å²) < 4.78 is 26.0. The highest BCUT2D eigenvalue weighted by Crippen LogP contribution is 2.34. The summed E-state index contributed by atoms with van der Waals surface area (Å²) in [6, 6.07) is 8.59. The topological polar surface area (TPSA) is 93.1 Å². The zero-order valence-electron chi connectivity index (χ0n) is 26.6. The molecule has 1 saturated heterocycles. The van der Waals surface area contributed by atoms with Crippen LogP contribution in [0.2, 0.25) is 0 Å². The monoisotopic (exact) mass is 606 g/mol. The Kier molecular flexibility index (Phi) is 10.1. The highest BCUT2D eigenvalue weighted by molar-refractivity contribution is 6.04. The number of allylic oxidation sites excluding steroid dienone is 1. The minimum Gasteiger partial charge on any atom is -0.427 e. The number of halogens is 1. The molecule has 1 amide bonds. The number of nitrogens with zero attached hydrogens (tertiary/aromatic N) is 3. The largest absolute Gasteiger partial charge is 0.427 e. The van der Waals surface area contributed by atoms with Crippen LogP contribution in [0.3, 0.4) is 0 Å². The van der Waals surface area contributed by atoms with Gasteiger partial charge in [0.2, 0.25) is 6.79 Å². The van der Waals surface area contributed by atoms with Crippen LogP contribution >= 0.6 is 0 Å². The van der Waals surface area contributed by atoms with Crippen LogP contribution in [0.1, 0.15) is 53.5 Å². The average Bonchev–Trinajstić information content (AvgIpc) is 3.21. The van der Waals surface area contributed by atoms with Crippen LogP contribution in [-0.2, 0) is 32.2 Å². The minimum atomic E-state index is -0.675. The van der Waals surface area contributed by atoms with Crippen molar-refractivity contribution in [2.24, 2.45) is 5.41 Å². The second-order valence-electron chi connectivity index (χ2n) is 12.3. The molecule has 0 bridgehead atoms. The molecule has 1 aromatic heterocycles. The van der Waals surface area contributed by atoms with Gasteiger partial charge in [0.05, 0.1) is 23.2 Å². The Morgan fingerprint density at radius 3 is 2.36 bits per heavy atom. The Morgan fingerprint density at radius 2 is 1.73 bits per heavy atom. The molecule has 0 saturated carbocycles. The summed E-state index contributed by atoms with van der Waals surface area (Å²) in [5, 5.41) is 4.51. The van der Waals surface area contributed by atoms with Crippen LogP contribution in [-0.4, -0.2) is 71.7 Å². The molecule has 236 valence electrons. The molecule has 0 aliphatic carbocycles. The predicted molar refractivity (Wildman–Crippen MR) is 169 cm³/mol. The molecule has 44 heavy (non-hydrogen) atoms. The van der Waals surface area contributed by atoms with Crippen LogP contribution in [0.4, 0.5) is 10.1 Å². The summed E-state index contributed by atoms with van der Waals surface area (Å²) in [5.74, 6) is -1.29. The lowest BCUT2D eigenvalue weighted by Crippen LogP contribution is -2.50. The van der Waals surface area contributed by atoms with Gasteiger partial charge in [-0.3, -0.25) is 19.3 Å². The molecule has 0 spiro atoms. The zero-order valence-corrected chi connectivity index (χ0v) is 26.6. The summed E-state index contributed by atoms with van der Waals surface area (Å²) in [6.45, 7) is 17.8. The van der Waals surface area contributed by atoms with E-state index in [1.54, 1.807) is 31.7 Å². The van der Waals surface area contributed by atoms with Gasteiger partial charge in [0.25, 0.3) is 5.91 Å².